The van der Waals surface area contributed by atoms with Crippen molar-refractivity contribution >= 4 is 5.78 Å². The fourth-order valence-electron chi connectivity index (χ4n) is 2.85. The second-order valence-electron chi connectivity index (χ2n) is 5.96. The molecule has 3 nitrogen and oxygen atoms in total. The van der Waals surface area contributed by atoms with Crippen molar-refractivity contribution in [3.05, 3.63) is 77.6 Å². The number of nitrogens with one attached hydrogen (secondary N) is 1. The zero-order chi connectivity index (χ0) is 16.2. The van der Waals surface area contributed by atoms with Crippen molar-refractivity contribution in [2.24, 2.45) is 0 Å². The van der Waals surface area contributed by atoms with Gasteiger partial charge in [-0.05, 0) is 35.6 Å². The number of aryl methyl sites for hydroxylation is 1. The molecule has 0 amide bonds. The van der Waals surface area contributed by atoms with Gasteiger partial charge in [-0.3, -0.25) is 9.89 Å². The Bertz CT molecular complexity index is 792. The lowest BCUT2D eigenvalue weighted by Gasteiger charge is -2.12. The zero-order valence-corrected chi connectivity index (χ0v) is 13.4. The highest BCUT2D eigenvalue weighted by Gasteiger charge is 2.14. The molecule has 1 heterocycles. The normalized spacial score (nSPS) is 12.1. The summed E-state index contributed by atoms with van der Waals surface area (Å²) in [4.78, 5) is 12.6. The molecule has 0 radical (unpaired) electrons. The van der Waals surface area contributed by atoms with E-state index in [1.165, 1.54) is 5.56 Å². The lowest BCUT2D eigenvalue weighted by Crippen LogP contribution is -2.05. The second kappa shape index (κ2) is 6.61. The van der Waals surface area contributed by atoms with Gasteiger partial charge in [0.15, 0.2) is 5.78 Å². The number of aromatic nitrogens is 2. The Morgan fingerprint density at radius 1 is 1.17 bits per heavy atom. The molecule has 3 heteroatoms. The number of Topliss-reactive ketones (excluding diaryl/α,β-unsaturated/α-hetero) is 1. The maximum Gasteiger partial charge on any atom is 0.163 e. The van der Waals surface area contributed by atoms with E-state index >= 15 is 0 Å². The quantitative estimate of drug-likeness (QED) is 0.691. The Hall–Kier alpha value is -2.68. The molecule has 0 aliphatic carbocycles. The molecule has 0 aliphatic heterocycles. The van der Waals surface area contributed by atoms with Gasteiger partial charge in [0.1, 0.15) is 0 Å². The molecular weight excluding hydrogens is 284 g/mol. The van der Waals surface area contributed by atoms with E-state index in [2.05, 4.69) is 29.3 Å². The first-order valence-electron chi connectivity index (χ1n) is 7.83. The molecule has 0 fully saturated rings. The predicted molar refractivity (Wildman–Crippen MR) is 92.6 cm³/mol. The van der Waals surface area contributed by atoms with Crippen LogP contribution in [0.5, 0.6) is 0 Å². The van der Waals surface area contributed by atoms with Crippen molar-refractivity contribution in [2.75, 3.05) is 0 Å². The number of carbonyl (C=O) groups excluding carboxylic acids is 1. The Kier molecular flexibility index (Phi) is 4.38. The van der Waals surface area contributed by atoms with Crippen LogP contribution in [0.1, 0.15) is 40.7 Å². The molecule has 0 bridgehead atoms. The van der Waals surface area contributed by atoms with Crippen LogP contribution in [0.25, 0.3) is 11.1 Å². The standard InChI is InChI=1S/C20H20N2O/c1-14(16-6-4-3-5-7-16)11-20(23)17-8-9-19(15(2)10-17)18-12-21-22-13-18/h3-10,12-14H,11H2,1-2H3,(H,21,22)/t14-/m0/s1. The molecule has 1 N–H and O–H groups in total. The highest BCUT2D eigenvalue weighted by atomic mass is 16.1. The SMILES string of the molecule is Cc1cc(C(=O)C[C@H](C)c2ccccc2)ccc1-c1cn[nH]c1. The van der Waals surface area contributed by atoms with Gasteiger partial charge in [-0.15, -0.1) is 0 Å². The Morgan fingerprint density at radius 3 is 2.61 bits per heavy atom. The van der Waals surface area contributed by atoms with E-state index in [-0.39, 0.29) is 11.7 Å². The molecule has 3 aromatic rings. The van der Waals surface area contributed by atoms with Crippen molar-refractivity contribution in [3.63, 3.8) is 0 Å². The average Bonchev–Trinajstić information content (AvgIpc) is 3.09. The molecule has 0 spiro atoms. The number of ketones is 1. The van der Waals surface area contributed by atoms with Crippen LogP contribution in [-0.4, -0.2) is 16.0 Å². The van der Waals surface area contributed by atoms with E-state index < -0.39 is 0 Å². The summed E-state index contributed by atoms with van der Waals surface area (Å²) in [6.45, 7) is 4.12. The van der Waals surface area contributed by atoms with Gasteiger partial charge in [0.2, 0.25) is 0 Å². The molecule has 2 aromatic carbocycles. The number of hydrogen-bond donors (Lipinski definition) is 1. The highest BCUT2D eigenvalue weighted by Crippen LogP contribution is 2.25. The van der Waals surface area contributed by atoms with Crippen LogP contribution in [0, 0.1) is 6.92 Å². The molecule has 1 atom stereocenters. The topological polar surface area (TPSA) is 45.8 Å². The zero-order valence-electron chi connectivity index (χ0n) is 13.4. The Labute approximate surface area is 136 Å². The summed E-state index contributed by atoms with van der Waals surface area (Å²) in [6.07, 6.45) is 4.18. The summed E-state index contributed by atoms with van der Waals surface area (Å²) in [6, 6.07) is 16.1. The van der Waals surface area contributed by atoms with Gasteiger partial charge in [0, 0.05) is 23.7 Å². The lowest BCUT2D eigenvalue weighted by atomic mass is 9.91. The van der Waals surface area contributed by atoms with Gasteiger partial charge in [0.25, 0.3) is 0 Å². The molecule has 0 saturated carbocycles. The largest absolute Gasteiger partial charge is 0.294 e. The number of carbonyl (C=O) groups is 1. The van der Waals surface area contributed by atoms with Gasteiger partial charge in [-0.25, -0.2) is 0 Å². The second-order valence-corrected chi connectivity index (χ2v) is 5.96. The molecule has 116 valence electrons. The van der Waals surface area contributed by atoms with Crippen LogP contribution in [0.15, 0.2) is 60.9 Å². The van der Waals surface area contributed by atoms with E-state index in [0.29, 0.717) is 6.42 Å². The number of hydrogen-bond acceptors (Lipinski definition) is 2. The smallest absolute Gasteiger partial charge is 0.163 e. The Balaban J connectivity index is 1.77. The van der Waals surface area contributed by atoms with Crippen LogP contribution in [0.3, 0.4) is 0 Å². The molecule has 1 aromatic heterocycles. The van der Waals surface area contributed by atoms with Crippen LogP contribution in [0.4, 0.5) is 0 Å². The number of benzene rings is 2. The predicted octanol–water partition coefficient (Wildman–Crippen LogP) is 4.76. The maximum atomic E-state index is 12.6. The van der Waals surface area contributed by atoms with Crippen molar-refractivity contribution in [2.45, 2.75) is 26.2 Å². The van der Waals surface area contributed by atoms with E-state index in [4.69, 9.17) is 0 Å². The maximum absolute atomic E-state index is 12.6. The summed E-state index contributed by atoms with van der Waals surface area (Å²) in [7, 11) is 0. The molecular formula is C20H20N2O. The van der Waals surface area contributed by atoms with Crippen LogP contribution < -0.4 is 0 Å². The first-order valence-corrected chi connectivity index (χ1v) is 7.83. The summed E-state index contributed by atoms with van der Waals surface area (Å²) < 4.78 is 0. The van der Waals surface area contributed by atoms with Crippen molar-refractivity contribution in [1.29, 1.82) is 0 Å². The summed E-state index contributed by atoms with van der Waals surface area (Å²) in [5.74, 6) is 0.403. The van der Waals surface area contributed by atoms with E-state index in [1.54, 1.807) is 6.20 Å². The Morgan fingerprint density at radius 2 is 1.96 bits per heavy atom. The molecule has 0 unspecified atom stereocenters. The van der Waals surface area contributed by atoms with Crippen LogP contribution in [0.2, 0.25) is 0 Å². The third-order valence-corrected chi connectivity index (χ3v) is 4.22. The van der Waals surface area contributed by atoms with Gasteiger partial charge in [-0.2, -0.15) is 5.10 Å². The number of aromatic amines is 1. The minimum absolute atomic E-state index is 0.184. The van der Waals surface area contributed by atoms with Crippen LogP contribution >= 0.6 is 0 Å². The fourth-order valence-corrected chi connectivity index (χ4v) is 2.85. The van der Waals surface area contributed by atoms with Gasteiger partial charge in [0.05, 0.1) is 6.20 Å². The average molecular weight is 304 g/mol. The number of H-pyrrole nitrogens is 1. The minimum Gasteiger partial charge on any atom is -0.294 e. The van der Waals surface area contributed by atoms with Crippen molar-refractivity contribution in [3.8, 4) is 11.1 Å². The van der Waals surface area contributed by atoms with Crippen molar-refractivity contribution < 1.29 is 4.79 Å². The van der Waals surface area contributed by atoms with E-state index in [9.17, 15) is 4.79 Å². The first-order chi connectivity index (χ1) is 11.1. The third kappa shape index (κ3) is 3.39. The highest BCUT2D eigenvalue weighted by molar-refractivity contribution is 5.97. The monoisotopic (exact) mass is 304 g/mol. The molecule has 0 saturated heterocycles. The lowest BCUT2D eigenvalue weighted by molar-refractivity contribution is 0.0975. The molecule has 0 aliphatic rings. The third-order valence-electron chi connectivity index (χ3n) is 4.22. The minimum atomic E-state index is 0.184. The molecule has 23 heavy (non-hydrogen) atoms. The summed E-state index contributed by atoms with van der Waals surface area (Å²) >= 11 is 0. The van der Waals surface area contributed by atoms with Gasteiger partial charge in [-0.1, -0.05) is 49.4 Å². The van der Waals surface area contributed by atoms with Gasteiger partial charge < -0.3 is 0 Å². The van der Waals surface area contributed by atoms with Crippen molar-refractivity contribution in [1.82, 2.24) is 10.2 Å². The van der Waals surface area contributed by atoms with Gasteiger partial charge >= 0.3 is 0 Å². The summed E-state index contributed by atoms with van der Waals surface area (Å²) in [5, 5.41) is 6.80. The van der Waals surface area contributed by atoms with E-state index in [1.807, 2.05) is 49.5 Å². The fraction of sp³-hybridized carbons (Fsp3) is 0.200. The summed E-state index contributed by atoms with van der Waals surface area (Å²) in [5.41, 5.74) is 5.21. The number of nitrogens with zero attached hydrogens (tertiary/aromatic N) is 1. The molecule has 3 rings (SSSR count). The number of rotatable bonds is 5. The van der Waals surface area contributed by atoms with Crippen LogP contribution in [-0.2, 0) is 0 Å². The first kappa shape index (κ1) is 15.2. The van der Waals surface area contributed by atoms with E-state index in [0.717, 1.165) is 22.3 Å².